The number of amides is 2. The molecule has 1 aromatic heterocycles. The van der Waals surface area contributed by atoms with Crippen molar-refractivity contribution < 1.29 is 9.59 Å². The molecule has 6 nitrogen and oxygen atoms in total. The highest BCUT2D eigenvalue weighted by Crippen LogP contribution is 2.21. The number of imidazole rings is 1. The molecule has 2 saturated heterocycles. The van der Waals surface area contributed by atoms with E-state index in [-0.39, 0.29) is 17.7 Å². The molecule has 0 saturated carbocycles. The predicted octanol–water partition coefficient (Wildman–Crippen LogP) is 1.83. The van der Waals surface area contributed by atoms with Gasteiger partial charge in [0.25, 0.3) is 0 Å². The van der Waals surface area contributed by atoms with Crippen LogP contribution in [-0.2, 0) is 16.1 Å². The van der Waals surface area contributed by atoms with Crippen molar-refractivity contribution in [1.29, 1.82) is 0 Å². The summed E-state index contributed by atoms with van der Waals surface area (Å²) in [4.78, 5) is 33.2. The average molecular weight is 332 g/mol. The van der Waals surface area contributed by atoms with E-state index in [1.165, 1.54) is 12.8 Å². The van der Waals surface area contributed by atoms with E-state index in [1.807, 2.05) is 27.5 Å². The maximum atomic E-state index is 12.7. The number of hydrogen-bond donors (Lipinski definition) is 0. The van der Waals surface area contributed by atoms with Crippen LogP contribution in [0.4, 0.5) is 0 Å². The molecule has 0 bridgehead atoms. The number of aryl methyl sites for hydroxylation is 2. The van der Waals surface area contributed by atoms with Crippen LogP contribution in [0.3, 0.4) is 0 Å². The highest BCUT2D eigenvalue weighted by atomic mass is 16.2. The van der Waals surface area contributed by atoms with Crippen molar-refractivity contribution in [3.63, 3.8) is 0 Å². The van der Waals surface area contributed by atoms with E-state index in [0.717, 1.165) is 38.2 Å². The number of hydrogen-bond acceptors (Lipinski definition) is 3. The molecule has 24 heavy (non-hydrogen) atoms. The Balaban J connectivity index is 1.48. The van der Waals surface area contributed by atoms with Gasteiger partial charge in [-0.2, -0.15) is 0 Å². The summed E-state index contributed by atoms with van der Waals surface area (Å²) in [6.07, 6.45) is 9.63. The quantitative estimate of drug-likeness (QED) is 0.845. The first-order chi connectivity index (χ1) is 11.6. The van der Waals surface area contributed by atoms with Gasteiger partial charge in [0.1, 0.15) is 5.82 Å². The van der Waals surface area contributed by atoms with Gasteiger partial charge in [-0.05, 0) is 26.2 Å². The Labute approximate surface area is 143 Å². The van der Waals surface area contributed by atoms with Crippen LogP contribution in [0.1, 0.15) is 44.3 Å². The molecule has 3 heterocycles. The summed E-state index contributed by atoms with van der Waals surface area (Å²) in [5.41, 5.74) is 0. The van der Waals surface area contributed by atoms with Gasteiger partial charge < -0.3 is 14.4 Å². The first-order valence-corrected chi connectivity index (χ1v) is 9.19. The van der Waals surface area contributed by atoms with Crippen LogP contribution in [0.2, 0.25) is 0 Å². The lowest BCUT2D eigenvalue weighted by molar-refractivity contribution is -0.135. The lowest BCUT2D eigenvalue weighted by Crippen LogP contribution is -2.38. The van der Waals surface area contributed by atoms with E-state index in [1.54, 1.807) is 6.20 Å². The predicted molar refractivity (Wildman–Crippen MR) is 91.3 cm³/mol. The molecule has 0 aliphatic carbocycles. The Morgan fingerprint density at radius 2 is 1.88 bits per heavy atom. The number of carbonyl (C=O) groups excluding carboxylic acids is 2. The third-order valence-electron chi connectivity index (χ3n) is 5.30. The molecular weight excluding hydrogens is 304 g/mol. The second kappa shape index (κ2) is 7.81. The molecule has 0 unspecified atom stereocenters. The Hall–Kier alpha value is -1.85. The van der Waals surface area contributed by atoms with E-state index < -0.39 is 0 Å². The molecule has 2 aliphatic heterocycles. The first-order valence-electron chi connectivity index (χ1n) is 9.19. The molecule has 1 aromatic rings. The minimum absolute atomic E-state index is 0.00188. The topological polar surface area (TPSA) is 58.4 Å². The Kier molecular flexibility index (Phi) is 5.53. The number of likely N-dealkylation sites (tertiary alicyclic amines) is 2. The second-order valence-corrected chi connectivity index (χ2v) is 6.98. The average Bonchev–Trinajstić information content (AvgIpc) is 3.14. The van der Waals surface area contributed by atoms with E-state index in [9.17, 15) is 9.59 Å². The molecule has 0 aromatic carbocycles. The van der Waals surface area contributed by atoms with E-state index in [0.29, 0.717) is 26.1 Å². The van der Waals surface area contributed by atoms with Gasteiger partial charge in [0.05, 0.1) is 5.92 Å². The van der Waals surface area contributed by atoms with Gasteiger partial charge in [0.2, 0.25) is 11.8 Å². The third-order valence-corrected chi connectivity index (χ3v) is 5.30. The van der Waals surface area contributed by atoms with Gasteiger partial charge in [-0.3, -0.25) is 9.59 Å². The molecule has 3 rings (SSSR count). The minimum Gasteiger partial charge on any atom is -0.342 e. The summed E-state index contributed by atoms with van der Waals surface area (Å²) in [5.74, 6) is 1.34. The zero-order valence-corrected chi connectivity index (χ0v) is 14.6. The Morgan fingerprint density at radius 3 is 2.54 bits per heavy atom. The second-order valence-electron chi connectivity index (χ2n) is 6.98. The summed E-state index contributed by atoms with van der Waals surface area (Å²) in [5, 5.41) is 0. The Morgan fingerprint density at radius 1 is 1.12 bits per heavy atom. The molecule has 1 atom stereocenters. The number of nitrogens with zero attached hydrogens (tertiary/aromatic N) is 4. The van der Waals surface area contributed by atoms with Crippen LogP contribution in [0, 0.1) is 12.8 Å². The fourth-order valence-corrected chi connectivity index (χ4v) is 3.75. The number of carbonyl (C=O) groups is 2. The van der Waals surface area contributed by atoms with Crippen LogP contribution in [0.25, 0.3) is 0 Å². The lowest BCUT2D eigenvalue weighted by atomic mass is 10.1. The van der Waals surface area contributed by atoms with E-state index in [2.05, 4.69) is 4.98 Å². The van der Waals surface area contributed by atoms with Gasteiger partial charge in [0.15, 0.2) is 0 Å². The standard InChI is InChI=1S/C18H28N4O2/c1-15-19-8-13-20(15)12-7-17(23)22-11-6-16(14-22)18(24)21-9-4-2-3-5-10-21/h8,13,16H,2-7,9-12,14H2,1H3/t16-/m0/s1. The molecular formula is C18H28N4O2. The minimum atomic E-state index is 0.00188. The molecule has 2 fully saturated rings. The summed E-state index contributed by atoms with van der Waals surface area (Å²) in [6.45, 7) is 5.69. The Bertz CT molecular complexity index is 575. The highest BCUT2D eigenvalue weighted by Gasteiger charge is 2.33. The van der Waals surface area contributed by atoms with Crippen molar-refractivity contribution in [3.8, 4) is 0 Å². The molecule has 132 valence electrons. The lowest BCUT2D eigenvalue weighted by Gasteiger charge is -2.24. The van der Waals surface area contributed by atoms with E-state index in [4.69, 9.17) is 0 Å². The fraction of sp³-hybridized carbons (Fsp3) is 0.722. The fourth-order valence-electron chi connectivity index (χ4n) is 3.75. The summed E-state index contributed by atoms with van der Waals surface area (Å²) < 4.78 is 1.99. The molecule has 0 spiro atoms. The van der Waals surface area contributed by atoms with Crippen LogP contribution < -0.4 is 0 Å². The molecule has 0 radical (unpaired) electrons. The van der Waals surface area contributed by atoms with Gasteiger partial charge in [-0.25, -0.2) is 4.98 Å². The third kappa shape index (κ3) is 3.97. The van der Waals surface area contributed by atoms with Crippen molar-refractivity contribution >= 4 is 11.8 Å². The summed E-state index contributed by atoms with van der Waals surface area (Å²) in [6, 6.07) is 0. The first kappa shape index (κ1) is 17.0. The van der Waals surface area contributed by atoms with Crippen molar-refractivity contribution in [2.24, 2.45) is 5.92 Å². The van der Waals surface area contributed by atoms with Crippen molar-refractivity contribution in [2.45, 2.75) is 52.0 Å². The SMILES string of the molecule is Cc1nccn1CCC(=O)N1CC[C@H](C(=O)N2CCCCCC2)C1. The summed E-state index contributed by atoms with van der Waals surface area (Å²) >= 11 is 0. The van der Waals surface area contributed by atoms with Gasteiger partial charge in [0, 0.05) is 51.5 Å². The van der Waals surface area contributed by atoms with Crippen molar-refractivity contribution in [1.82, 2.24) is 19.4 Å². The van der Waals surface area contributed by atoms with Gasteiger partial charge in [-0.15, -0.1) is 0 Å². The highest BCUT2D eigenvalue weighted by molar-refractivity contribution is 5.82. The van der Waals surface area contributed by atoms with Crippen LogP contribution in [0.15, 0.2) is 12.4 Å². The monoisotopic (exact) mass is 332 g/mol. The van der Waals surface area contributed by atoms with Crippen LogP contribution in [0.5, 0.6) is 0 Å². The molecule has 0 N–H and O–H groups in total. The van der Waals surface area contributed by atoms with Crippen LogP contribution >= 0.6 is 0 Å². The molecule has 2 amide bonds. The molecule has 6 heteroatoms. The maximum absolute atomic E-state index is 12.7. The number of rotatable bonds is 4. The summed E-state index contributed by atoms with van der Waals surface area (Å²) in [7, 11) is 0. The molecule has 2 aliphatic rings. The zero-order chi connectivity index (χ0) is 16.9. The zero-order valence-electron chi connectivity index (χ0n) is 14.6. The number of aromatic nitrogens is 2. The van der Waals surface area contributed by atoms with Gasteiger partial charge in [-0.1, -0.05) is 12.8 Å². The smallest absolute Gasteiger partial charge is 0.227 e. The van der Waals surface area contributed by atoms with Gasteiger partial charge >= 0.3 is 0 Å². The van der Waals surface area contributed by atoms with E-state index >= 15 is 0 Å². The van der Waals surface area contributed by atoms with Crippen molar-refractivity contribution in [2.75, 3.05) is 26.2 Å². The maximum Gasteiger partial charge on any atom is 0.227 e. The van der Waals surface area contributed by atoms with Crippen molar-refractivity contribution in [3.05, 3.63) is 18.2 Å². The van der Waals surface area contributed by atoms with Crippen LogP contribution in [-0.4, -0.2) is 57.3 Å². The largest absolute Gasteiger partial charge is 0.342 e. The normalized spacial score (nSPS) is 21.8.